The zero-order valence-electron chi connectivity index (χ0n) is 14.9. The molecular weight excluding hydrogens is 346 g/mol. The molecule has 2 aromatic carbocycles. The van der Waals surface area contributed by atoms with Crippen LogP contribution in [0.4, 0.5) is 11.7 Å². The van der Waals surface area contributed by atoms with Crippen molar-refractivity contribution in [1.29, 1.82) is 0 Å². The second-order valence-electron chi connectivity index (χ2n) is 7.41. The molecule has 0 saturated carbocycles. The van der Waals surface area contributed by atoms with E-state index in [0.717, 1.165) is 17.7 Å². The van der Waals surface area contributed by atoms with Gasteiger partial charge in [0, 0.05) is 17.7 Å². The summed E-state index contributed by atoms with van der Waals surface area (Å²) in [5, 5.41) is 12.8. The highest BCUT2D eigenvalue weighted by atomic mass is 16.5. The van der Waals surface area contributed by atoms with Gasteiger partial charge in [-0.25, -0.2) is 0 Å². The number of ether oxygens (including phenoxy) is 1. The molecule has 27 heavy (non-hydrogen) atoms. The Hall–Kier alpha value is -3.06. The SMILES string of the molecule is CC1(O)CN(c2nc3cc(NC(=O)c4ccc5c(c4)CCO5)ccc3o2)C1. The van der Waals surface area contributed by atoms with Crippen LogP contribution in [-0.2, 0) is 6.42 Å². The van der Waals surface area contributed by atoms with Crippen molar-refractivity contribution in [3.05, 3.63) is 47.5 Å². The average molecular weight is 365 g/mol. The fourth-order valence-electron chi connectivity index (χ4n) is 3.57. The van der Waals surface area contributed by atoms with Gasteiger partial charge in [-0.3, -0.25) is 4.79 Å². The largest absolute Gasteiger partial charge is 0.493 e. The van der Waals surface area contributed by atoms with Gasteiger partial charge in [0.1, 0.15) is 11.3 Å². The van der Waals surface area contributed by atoms with Crippen LogP contribution in [0.1, 0.15) is 22.8 Å². The first-order valence-electron chi connectivity index (χ1n) is 8.92. The minimum atomic E-state index is -0.694. The van der Waals surface area contributed by atoms with Gasteiger partial charge in [-0.2, -0.15) is 4.98 Å². The summed E-state index contributed by atoms with van der Waals surface area (Å²) in [5.41, 5.74) is 2.93. The average Bonchev–Trinajstić information content (AvgIpc) is 3.24. The number of benzene rings is 2. The summed E-state index contributed by atoms with van der Waals surface area (Å²) in [5.74, 6) is 0.680. The highest BCUT2D eigenvalue weighted by Gasteiger charge is 2.39. The van der Waals surface area contributed by atoms with E-state index in [1.54, 1.807) is 31.2 Å². The third-order valence-electron chi connectivity index (χ3n) is 4.92. The van der Waals surface area contributed by atoms with Gasteiger partial charge in [0.15, 0.2) is 5.58 Å². The van der Waals surface area contributed by atoms with Crippen LogP contribution in [0.3, 0.4) is 0 Å². The van der Waals surface area contributed by atoms with Crippen molar-refractivity contribution in [1.82, 2.24) is 4.98 Å². The molecule has 1 aromatic heterocycles. The molecule has 5 rings (SSSR count). The van der Waals surface area contributed by atoms with Crippen molar-refractivity contribution >= 4 is 28.7 Å². The van der Waals surface area contributed by atoms with E-state index in [4.69, 9.17) is 9.15 Å². The molecular formula is C20H19N3O4. The van der Waals surface area contributed by atoms with Crippen LogP contribution in [-0.4, -0.2) is 41.3 Å². The Morgan fingerprint density at radius 1 is 1.26 bits per heavy atom. The molecule has 0 aliphatic carbocycles. The number of anilines is 2. The molecule has 0 bridgehead atoms. The molecule has 0 radical (unpaired) electrons. The van der Waals surface area contributed by atoms with E-state index in [2.05, 4.69) is 10.3 Å². The van der Waals surface area contributed by atoms with Crippen LogP contribution >= 0.6 is 0 Å². The summed E-state index contributed by atoms with van der Waals surface area (Å²) in [6, 6.07) is 11.3. The zero-order chi connectivity index (χ0) is 18.6. The monoisotopic (exact) mass is 365 g/mol. The van der Waals surface area contributed by atoms with Crippen molar-refractivity contribution < 1.29 is 19.1 Å². The number of hydrogen-bond acceptors (Lipinski definition) is 6. The number of amides is 1. The lowest BCUT2D eigenvalue weighted by atomic mass is 9.98. The minimum absolute atomic E-state index is 0.174. The number of fused-ring (bicyclic) bond motifs is 2. The van der Waals surface area contributed by atoms with E-state index >= 15 is 0 Å². The lowest BCUT2D eigenvalue weighted by molar-refractivity contribution is 0.0280. The molecule has 2 aliphatic rings. The number of carbonyl (C=O) groups is 1. The van der Waals surface area contributed by atoms with Gasteiger partial charge in [0.25, 0.3) is 11.9 Å². The van der Waals surface area contributed by atoms with Crippen LogP contribution in [0.15, 0.2) is 40.8 Å². The first-order chi connectivity index (χ1) is 13.0. The van der Waals surface area contributed by atoms with Crippen LogP contribution in [0.5, 0.6) is 5.75 Å². The summed E-state index contributed by atoms with van der Waals surface area (Å²) in [4.78, 5) is 18.9. The molecule has 3 heterocycles. The molecule has 7 nitrogen and oxygen atoms in total. The van der Waals surface area contributed by atoms with E-state index in [9.17, 15) is 9.90 Å². The number of aromatic nitrogens is 1. The predicted octanol–water partition coefficient (Wildman–Crippen LogP) is 2.59. The van der Waals surface area contributed by atoms with Crippen molar-refractivity contribution in [2.75, 3.05) is 29.9 Å². The van der Waals surface area contributed by atoms with Gasteiger partial charge in [-0.1, -0.05) is 0 Å². The Morgan fingerprint density at radius 3 is 2.93 bits per heavy atom. The highest BCUT2D eigenvalue weighted by Crippen LogP contribution is 2.31. The maximum absolute atomic E-state index is 12.6. The summed E-state index contributed by atoms with van der Waals surface area (Å²) >= 11 is 0. The van der Waals surface area contributed by atoms with E-state index < -0.39 is 5.60 Å². The Morgan fingerprint density at radius 2 is 2.11 bits per heavy atom. The predicted molar refractivity (Wildman–Crippen MR) is 100 cm³/mol. The summed E-state index contributed by atoms with van der Waals surface area (Å²) in [6.07, 6.45) is 0.827. The molecule has 3 aromatic rings. The Bertz CT molecular complexity index is 1050. The van der Waals surface area contributed by atoms with Crippen molar-refractivity contribution in [3.8, 4) is 5.75 Å². The van der Waals surface area contributed by atoms with Crippen molar-refractivity contribution in [2.24, 2.45) is 0 Å². The molecule has 1 fully saturated rings. The Labute approximate surface area is 155 Å². The van der Waals surface area contributed by atoms with E-state index in [1.807, 2.05) is 17.0 Å². The van der Waals surface area contributed by atoms with Gasteiger partial charge < -0.3 is 24.5 Å². The van der Waals surface area contributed by atoms with E-state index in [1.165, 1.54) is 0 Å². The third kappa shape index (κ3) is 2.90. The van der Waals surface area contributed by atoms with Gasteiger partial charge >= 0.3 is 0 Å². The molecule has 1 amide bonds. The standard InChI is InChI=1S/C20H19N3O4/c1-20(25)10-23(11-20)19-22-15-9-14(3-5-17(15)27-19)21-18(24)13-2-4-16-12(8-13)6-7-26-16/h2-5,8-9,25H,6-7,10-11H2,1H3,(H,21,24). The number of carbonyl (C=O) groups excluding carboxylic acids is 1. The van der Waals surface area contributed by atoms with Gasteiger partial charge in [0.05, 0.1) is 25.3 Å². The number of rotatable bonds is 3. The molecule has 2 aliphatic heterocycles. The first kappa shape index (κ1) is 16.1. The van der Waals surface area contributed by atoms with E-state index in [-0.39, 0.29) is 5.91 Å². The molecule has 2 N–H and O–H groups in total. The summed E-state index contributed by atoms with van der Waals surface area (Å²) in [6.45, 7) is 3.43. The topological polar surface area (TPSA) is 87.8 Å². The number of nitrogens with zero attached hydrogens (tertiary/aromatic N) is 2. The van der Waals surface area contributed by atoms with E-state index in [0.29, 0.717) is 48.1 Å². The number of oxazole rings is 1. The highest BCUT2D eigenvalue weighted by molar-refractivity contribution is 6.05. The van der Waals surface area contributed by atoms with Crippen LogP contribution in [0, 0.1) is 0 Å². The first-order valence-corrected chi connectivity index (χ1v) is 8.92. The normalized spacial score (nSPS) is 17.3. The molecule has 1 saturated heterocycles. The second-order valence-corrected chi connectivity index (χ2v) is 7.41. The smallest absolute Gasteiger partial charge is 0.298 e. The lowest BCUT2D eigenvalue weighted by Crippen LogP contribution is -2.60. The second kappa shape index (κ2) is 5.72. The quantitative estimate of drug-likeness (QED) is 0.742. The molecule has 0 spiro atoms. The van der Waals surface area contributed by atoms with Crippen LogP contribution in [0.25, 0.3) is 11.1 Å². The maximum Gasteiger partial charge on any atom is 0.298 e. The molecule has 138 valence electrons. The van der Waals surface area contributed by atoms with Gasteiger partial charge in [-0.05, 0) is 48.9 Å². The zero-order valence-corrected chi connectivity index (χ0v) is 14.9. The number of β-amino-alcohol motifs (C(OH)–C–C–N with tert-alkyl or cyclic N) is 1. The summed E-state index contributed by atoms with van der Waals surface area (Å²) < 4.78 is 11.2. The number of aliphatic hydroxyl groups is 1. The molecule has 0 unspecified atom stereocenters. The number of nitrogens with one attached hydrogen (secondary N) is 1. The Kier molecular flexibility index (Phi) is 3.42. The van der Waals surface area contributed by atoms with Crippen LogP contribution < -0.4 is 15.0 Å². The molecule has 7 heteroatoms. The Balaban J connectivity index is 1.35. The van der Waals surface area contributed by atoms with Crippen molar-refractivity contribution in [3.63, 3.8) is 0 Å². The van der Waals surface area contributed by atoms with Crippen LogP contribution in [0.2, 0.25) is 0 Å². The molecule has 0 atom stereocenters. The number of hydrogen-bond donors (Lipinski definition) is 2. The van der Waals surface area contributed by atoms with Gasteiger partial charge in [0.2, 0.25) is 0 Å². The fraction of sp³-hybridized carbons (Fsp3) is 0.300. The van der Waals surface area contributed by atoms with Gasteiger partial charge in [-0.15, -0.1) is 0 Å². The lowest BCUT2D eigenvalue weighted by Gasteiger charge is -2.42. The fourth-order valence-corrected chi connectivity index (χ4v) is 3.57. The minimum Gasteiger partial charge on any atom is -0.493 e. The van der Waals surface area contributed by atoms with Crippen molar-refractivity contribution in [2.45, 2.75) is 18.9 Å². The summed E-state index contributed by atoms with van der Waals surface area (Å²) in [7, 11) is 0. The maximum atomic E-state index is 12.6. The third-order valence-corrected chi connectivity index (χ3v) is 4.92.